The number of ether oxygens (including phenoxy) is 1. The van der Waals surface area contributed by atoms with Gasteiger partial charge in [-0.3, -0.25) is 29.3 Å². The van der Waals surface area contributed by atoms with E-state index in [-0.39, 0.29) is 56.5 Å². The highest BCUT2D eigenvalue weighted by molar-refractivity contribution is 6.17. The zero-order valence-corrected chi connectivity index (χ0v) is 21.5. The average molecular weight is 535 g/mol. The van der Waals surface area contributed by atoms with Crippen LogP contribution in [0.5, 0.6) is 0 Å². The third kappa shape index (κ3) is 3.77. The van der Waals surface area contributed by atoms with Crippen molar-refractivity contribution in [2.24, 2.45) is 0 Å². The van der Waals surface area contributed by atoms with Gasteiger partial charge in [0.15, 0.2) is 5.54 Å². The van der Waals surface area contributed by atoms with Crippen LogP contribution in [0.2, 0.25) is 0 Å². The number of anilines is 1. The minimum absolute atomic E-state index is 0.0381. The number of imide groups is 1. The normalized spacial score (nSPS) is 20.0. The molecular weight excluding hydrogens is 507 g/mol. The van der Waals surface area contributed by atoms with Crippen LogP contribution in [0.15, 0.2) is 42.6 Å². The van der Waals surface area contributed by atoms with Gasteiger partial charge in [0, 0.05) is 31.2 Å². The van der Waals surface area contributed by atoms with Crippen LogP contribution in [0.4, 0.5) is 14.9 Å². The van der Waals surface area contributed by atoms with Gasteiger partial charge in [0.05, 0.1) is 30.5 Å². The van der Waals surface area contributed by atoms with Crippen LogP contribution in [0.1, 0.15) is 28.8 Å². The molecule has 202 valence electrons. The number of hydrogen-bond donors (Lipinski definition) is 2. The SMILES string of the molecule is Cc1ccc(F)c(C(=O)NC2(C(=O)N3CCC4(CC3)C(=O)N(C)C(=O)N4c3ccc4[nH]ncc4c3)COC2)c1. The number of likely N-dealkylation sites (N-methyl/N-ethyl adjacent to an activating group) is 1. The maximum Gasteiger partial charge on any atom is 0.331 e. The maximum atomic E-state index is 14.3. The first-order valence-corrected chi connectivity index (χ1v) is 12.7. The van der Waals surface area contributed by atoms with E-state index in [9.17, 15) is 23.6 Å². The number of carbonyl (C=O) groups is 4. The minimum Gasteiger partial charge on any atom is -0.375 e. The number of hydrogen-bond acceptors (Lipinski definition) is 6. The maximum absolute atomic E-state index is 14.3. The molecule has 3 saturated heterocycles. The summed E-state index contributed by atoms with van der Waals surface area (Å²) >= 11 is 0. The first-order valence-electron chi connectivity index (χ1n) is 12.7. The van der Waals surface area contributed by atoms with Crippen molar-refractivity contribution >= 4 is 40.3 Å². The molecule has 0 unspecified atom stereocenters. The molecular formula is C27H27FN6O5. The second-order valence-corrected chi connectivity index (χ2v) is 10.5. The third-order valence-electron chi connectivity index (χ3n) is 7.99. The Kier molecular flexibility index (Phi) is 5.68. The molecule has 5 amide bonds. The fraction of sp³-hybridized carbons (Fsp3) is 0.370. The Morgan fingerprint density at radius 1 is 1.10 bits per heavy atom. The van der Waals surface area contributed by atoms with Gasteiger partial charge in [0.1, 0.15) is 11.4 Å². The topological polar surface area (TPSA) is 128 Å². The lowest BCUT2D eigenvalue weighted by Crippen LogP contribution is -2.71. The van der Waals surface area contributed by atoms with Crippen LogP contribution in [0.25, 0.3) is 10.9 Å². The number of nitrogens with zero attached hydrogens (tertiary/aromatic N) is 4. The summed E-state index contributed by atoms with van der Waals surface area (Å²) in [5.41, 5.74) is -0.518. The van der Waals surface area contributed by atoms with Gasteiger partial charge in [-0.1, -0.05) is 11.6 Å². The van der Waals surface area contributed by atoms with E-state index in [1.54, 1.807) is 36.2 Å². The summed E-state index contributed by atoms with van der Waals surface area (Å²) in [5, 5.41) is 10.4. The summed E-state index contributed by atoms with van der Waals surface area (Å²) in [7, 11) is 1.46. The molecule has 4 heterocycles. The summed E-state index contributed by atoms with van der Waals surface area (Å²) in [6, 6.07) is 9.16. The van der Waals surface area contributed by atoms with Gasteiger partial charge in [-0.2, -0.15) is 5.10 Å². The molecule has 3 fully saturated rings. The van der Waals surface area contributed by atoms with Crippen molar-refractivity contribution in [3.8, 4) is 0 Å². The molecule has 1 aromatic heterocycles. The predicted octanol–water partition coefficient (Wildman–Crippen LogP) is 1.97. The first-order chi connectivity index (χ1) is 18.6. The van der Waals surface area contributed by atoms with Crippen LogP contribution >= 0.6 is 0 Å². The van der Waals surface area contributed by atoms with Crippen molar-refractivity contribution in [1.29, 1.82) is 0 Å². The number of rotatable bonds is 4. The fourth-order valence-corrected chi connectivity index (χ4v) is 5.73. The van der Waals surface area contributed by atoms with Gasteiger partial charge < -0.3 is 15.0 Å². The number of halogens is 1. The van der Waals surface area contributed by atoms with Crippen LogP contribution in [-0.2, 0) is 14.3 Å². The van der Waals surface area contributed by atoms with E-state index < -0.39 is 28.8 Å². The Hall–Kier alpha value is -4.32. The van der Waals surface area contributed by atoms with Gasteiger partial charge in [0.25, 0.3) is 17.7 Å². The predicted molar refractivity (Wildman–Crippen MR) is 137 cm³/mol. The van der Waals surface area contributed by atoms with E-state index in [1.165, 1.54) is 24.1 Å². The number of aryl methyl sites for hydroxylation is 1. The van der Waals surface area contributed by atoms with Crippen molar-refractivity contribution in [1.82, 2.24) is 25.3 Å². The molecule has 6 rings (SSSR count). The van der Waals surface area contributed by atoms with Gasteiger partial charge in [-0.25, -0.2) is 9.18 Å². The van der Waals surface area contributed by atoms with Crippen LogP contribution in [-0.4, -0.2) is 88.2 Å². The monoisotopic (exact) mass is 534 g/mol. The Morgan fingerprint density at radius 2 is 1.85 bits per heavy atom. The molecule has 3 aromatic rings. The average Bonchev–Trinajstić information content (AvgIpc) is 3.45. The Morgan fingerprint density at radius 3 is 2.54 bits per heavy atom. The first kappa shape index (κ1) is 25.0. The summed E-state index contributed by atoms with van der Waals surface area (Å²) in [6.07, 6.45) is 2.08. The molecule has 0 saturated carbocycles. The van der Waals surface area contributed by atoms with Gasteiger partial charge >= 0.3 is 6.03 Å². The fourth-order valence-electron chi connectivity index (χ4n) is 5.73. The second kappa shape index (κ2) is 8.87. The molecule has 11 nitrogen and oxygen atoms in total. The summed E-state index contributed by atoms with van der Waals surface area (Å²) in [6.45, 7) is 2.04. The number of carbonyl (C=O) groups excluding carboxylic acids is 4. The quantitative estimate of drug-likeness (QED) is 0.493. The number of amides is 5. The van der Waals surface area contributed by atoms with Crippen LogP contribution in [0.3, 0.4) is 0 Å². The molecule has 0 atom stereocenters. The van der Waals surface area contributed by atoms with Gasteiger partial charge in [-0.05, 0) is 50.1 Å². The highest BCUT2D eigenvalue weighted by Gasteiger charge is 2.59. The molecule has 0 aliphatic carbocycles. The van der Waals surface area contributed by atoms with E-state index in [2.05, 4.69) is 15.5 Å². The number of H-pyrrole nitrogens is 1. The standard InChI is InChI=1S/C27H27FN6O5/c1-16-3-5-20(28)19(11-16)22(35)30-26(14-39-15-26)23(36)33-9-7-27(8-10-33)24(37)32(2)25(38)34(27)18-4-6-21-17(12-18)13-29-31-21/h3-6,11-13H,7-10,14-15H2,1-2H3,(H,29,31)(H,30,35). The van der Waals surface area contributed by atoms with Crippen molar-refractivity contribution < 1.29 is 28.3 Å². The number of likely N-dealkylation sites (tertiary alicyclic amines) is 1. The third-order valence-corrected chi connectivity index (χ3v) is 7.99. The van der Waals surface area contributed by atoms with E-state index in [1.807, 2.05) is 6.07 Å². The summed E-state index contributed by atoms with van der Waals surface area (Å²) in [5.74, 6) is -2.05. The lowest BCUT2D eigenvalue weighted by molar-refractivity contribution is -0.160. The molecule has 12 heteroatoms. The molecule has 0 bridgehead atoms. The van der Waals surface area contributed by atoms with E-state index in [4.69, 9.17) is 4.74 Å². The number of urea groups is 1. The zero-order valence-electron chi connectivity index (χ0n) is 21.5. The number of benzene rings is 2. The highest BCUT2D eigenvalue weighted by Crippen LogP contribution is 2.41. The molecule has 3 aliphatic rings. The zero-order chi connectivity index (χ0) is 27.5. The Balaban J connectivity index is 1.23. The number of aromatic nitrogens is 2. The lowest BCUT2D eigenvalue weighted by Gasteiger charge is -2.47. The van der Waals surface area contributed by atoms with Gasteiger partial charge in [0.2, 0.25) is 0 Å². The molecule has 2 aromatic carbocycles. The van der Waals surface area contributed by atoms with Crippen molar-refractivity contribution in [3.05, 3.63) is 59.5 Å². The van der Waals surface area contributed by atoms with Crippen molar-refractivity contribution in [2.75, 3.05) is 38.3 Å². The molecule has 1 spiro atoms. The minimum atomic E-state index is -1.32. The van der Waals surface area contributed by atoms with Crippen LogP contribution < -0.4 is 10.2 Å². The lowest BCUT2D eigenvalue weighted by atomic mass is 9.84. The largest absolute Gasteiger partial charge is 0.375 e. The number of fused-ring (bicyclic) bond motifs is 1. The van der Waals surface area contributed by atoms with Gasteiger partial charge in [-0.15, -0.1) is 0 Å². The Bertz CT molecular complexity index is 1520. The molecule has 0 radical (unpaired) electrons. The summed E-state index contributed by atoms with van der Waals surface area (Å²) < 4.78 is 19.6. The Labute approximate surface area is 222 Å². The smallest absolute Gasteiger partial charge is 0.331 e. The second-order valence-electron chi connectivity index (χ2n) is 10.5. The van der Waals surface area contributed by atoms with Crippen LogP contribution in [0, 0.1) is 12.7 Å². The van der Waals surface area contributed by atoms with Crippen molar-refractivity contribution in [3.63, 3.8) is 0 Å². The molecule has 3 aliphatic heterocycles. The van der Waals surface area contributed by atoms with E-state index >= 15 is 0 Å². The highest BCUT2D eigenvalue weighted by atomic mass is 19.1. The molecule has 39 heavy (non-hydrogen) atoms. The molecule has 2 N–H and O–H groups in total. The number of piperidine rings is 1. The van der Waals surface area contributed by atoms with Crippen molar-refractivity contribution in [2.45, 2.75) is 30.8 Å². The van der Waals surface area contributed by atoms with E-state index in [0.29, 0.717) is 11.3 Å². The van der Waals surface area contributed by atoms with E-state index in [0.717, 1.165) is 15.8 Å². The summed E-state index contributed by atoms with van der Waals surface area (Å²) in [4.78, 5) is 57.5. The number of nitrogens with one attached hydrogen (secondary N) is 2. The number of aromatic amines is 1.